The highest BCUT2D eigenvalue weighted by Crippen LogP contribution is 2.36. The Hall–Kier alpha value is 0.420. The Morgan fingerprint density at radius 2 is 1.80 bits per heavy atom. The van der Waals surface area contributed by atoms with E-state index in [-0.39, 0.29) is 6.04 Å². The van der Waals surface area contributed by atoms with Gasteiger partial charge in [-0.15, -0.1) is 0 Å². The second-order valence-corrected chi connectivity index (χ2v) is 5.80. The molecule has 1 unspecified atom stereocenters. The summed E-state index contributed by atoms with van der Waals surface area (Å²) in [5, 5.41) is 0. The van der Waals surface area contributed by atoms with Crippen molar-refractivity contribution in [1.29, 1.82) is 0 Å². The molecule has 1 rings (SSSR count). The largest absolute Gasteiger partial charge is 0.490 e. The average Bonchev–Trinajstić information content (AvgIpc) is 2.15. The predicted molar refractivity (Wildman–Crippen MR) is 73.3 cm³/mol. The normalized spacial score (nSPS) is 12.6. The molecule has 1 atom stereocenters. The fraction of sp³-hybridized carbons (Fsp3) is 0.400. The maximum atomic E-state index is 5.79. The van der Waals surface area contributed by atoms with E-state index in [2.05, 4.69) is 47.8 Å². The number of halogens is 3. The van der Waals surface area contributed by atoms with Crippen LogP contribution < -0.4 is 10.5 Å². The van der Waals surface area contributed by atoms with Crippen molar-refractivity contribution in [3.05, 3.63) is 25.6 Å². The summed E-state index contributed by atoms with van der Waals surface area (Å²) in [6, 6.07) is 3.96. The standard InChI is InChI=1S/C10H12Br3NO/c1-2-7(14)5-15-10-8(12)3-6(11)4-9(10)13/h3-4,7H,2,5,14H2,1H3. The van der Waals surface area contributed by atoms with Gasteiger partial charge in [-0.25, -0.2) is 0 Å². The predicted octanol–water partition coefficient (Wildman–Crippen LogP) is 4.09. The first-order valence-corrected chi connectivity index (χ1v) is 6.95. The Balaban J connectivity index is 2.77. The molecule has 0 aliphatic carbocycles. The highest BCUT2D eigenvalue weighted by atomic mass is 79.9. The molecule has 15 heavy (non-hydrogen) atoms. The summed E-state index contributed by atoms with van der Waals surface area (Å²) >= 11 is 10.3. The van der Waals surface area contributed by atoms with E-state index in [0.717, 1.165) is 25.6 Å². The number of ether oxygens (including phenoxy) is 1. The first kappa shape index (κ1) is 13.5. The first-order valence-electron chi connectivity index (χ1n) is 4.57. The van der Waals surface area contributed by atoms with Crippen LogP contribution in [0.3, 0.4) is 0 Å². The molecule has 2 nitrogen and oxygen atoms in total. The Morgan fingerprint density at radius 3 is 2.27 bits per heavy atom. The molecule has 0 aliphatic rings. The highest BCUT2D eigenvalue weighted by molar-refractivity contribution is 9.11. The zero-order valence-electron chi connectivity index (χ0n) is 8.27. The van der Waals surface area contributed by atoms with E-state index in [1.54, 1.807) is 0 Å². The smallest absolute Gasteiger partial charge is 0.147 e. The Kier molecular flexibility index (Phi) is 5.60. The molecule has 0 aliphatic heterocycles. The molecular weight excluding hydrogens is 390 g/mol. The second kappa shape index (κ2) is 6.23. The van der Waals surface area contributed by atoms with Crippen molar-refractivity contribution in [3.8, 4) is 5.75 Å². The molecule has 1 aromatic rings. The Morgan fingerprint density at radius 1 is 1.27 bits per heavy atom. The van der Waals surface area contributed by atoms with Crippen LogP contribution in [0.15, 0.2) is 25.6 Å². The van der Waals surface area contributed by atoms with Crippen LogP contribution in [-0.2, 0) is 0 Å². The monoisotopic (exact) mass is 399 g/mol. The number of rotatable bonds is 4. The van der Waals surface area contributed by atoms with Crippen LogP contribution in [0.1, 0.15) is 13.3 Å². The molecule has 0 spiro atoms. The molecule has 0 saturated heterocycles. The van der Waals surface area contributed by atoms with E-state index in [0.29, 0.717) is 6.61 Å². The van der Waals surface area contributed by atoms with Crippen LogP contribution in [-0.4, -0.2) is 12.6 Å². The Labute approximate surface area is 115 Å². The lowest BCUT2D eigenvalue weighted by atomic mass is 10.2. The SMILES string of the molecule is CCC(N)COc1c(Br)cc(Br)cc1Br. The van der Waals surface area contributed by atoms with Crippen LogP contribution in [0.5, 0.6) is 5.75 Å². The maximum Gasteiger partial charge on any atom is 0.147 e. The number of benzene rings is 1. The van der Waals surface area contributed by atoms with Gasteiger partial charge in [0.1, 0.15) is 12.4 Å². The lowest BCUT2D eigenvalue weighted by Crippen LogP contribution is -2.26. The van der Waals surface area contributed by atoms with Crippen LogP contribution in [0.4, 0.5) is 0 Å². The third kappa shape index (κ3) is 4.06. The van der Waals surface area contributed by atoms with Gasteiger partial charge in [-0.05, 0) is 50.4 Å². The van der Waals surface area contributed by atoms with E-state index < -0.39 is 0 Å². The van der Waals surface area contributed by atoms with Crippen molar-refractivity contribution in [3.63, 3.8) is 0 Å². The summed E-state index contributed by atoms with van der Waals surface area (Å²) in [6.07, 6.45) is 0.908. The van der Waals surface area contributed by atoms with Gasteiger partial charge in [-0.1, -0.05) is 22.9 Å². The van der Waals surface area contributed by atoms with Gasteiger partial charge in [0, 0.05) is 10.5 Å². The molecular formula is C10H12Br3NO. The minimum atomic E-state index is 0.0763. The first-order chi connectivity index (χ1) is 7.04. The van der Waals surface area contributed by atoms with Gasteiger partial charge >= 0.3 is 0 Å². The fourth-order valence-corrected chi connectivity index (χ4v) is 3.46. The fourth-order valence-electron chi connectivity index (χ4n) is 0.975. The van der Waals surface area contributed by atoms with Crippen molar-refractivity contribution in [1.82, 2.24) is 0 Å². The summed E-state index contributed by atoms with van der Waals surface area (Å²) in [5.41, 5.74) is 5.79. The summed E-state index contributed by atoms with van der Waals surface area (Å²) in [7, 11) is 0. The zero-order valence-corrected chi connectivity index (χ0v) is 13.0. The number of hydrogen-bond donors (Lipinski definition) is 1. The summed E-state index contributed by atoms with van der Waals surface area (Å²) in [6.45, 7) is 2.56. The molecule has 0 amide bonds. The van der Waals surface area contributed by atoms with E-state index in [1.165, 1.54) is 0 Å². The molecule has 0 heterocycles. The van der Waals surface area contributed by atoms with Gasteiger partial charge in [-0.2, -0.15) is 0 Å². The van der Waals surface area contributed by atoms with Crippen LogP contribution in [0.25, 0.3) is 0 Å². The average molecular weight is 402 g/mol. The van der Waals surface area contributed by atoms with Crippen molar-refractivity contribution in [2.24, 2.45) is 5.73 Å². The molecule has 84 valence electrons. The van der Waals surface area contributed by atoms with Gasteiger partial charge in [0.25, 0.3) is 0 Å². The molecule has 0 radical (unpaired) electrons. The number of nitrogens with two attached hydrogens (primary N) is 1. The van der Waals surface area contributed by atoms with E-state index >= 15 is 0 Å². The molecule has 0 saturated carbocycles. The highest BCUT2D eigenvalue weighted by Gasteiger charge is 2.09. The van der Waals surface area contributed by atoms with Gasteiger partial charge in [0.15, 0.2) is 0 Å². The zero-order chi connectivity index (χ0) is 11.4. The molecule has 0 aromatic heterocycles. The lowest BCUT2D eigenvalue weighted by molar-refractivity contribution is 0.282. The van der Waals surface area contributed by atoms with Gasteiger partial charge in [0.05, 0.1) is 8.95 Å². The summed E-state index contributed by atoms with van der Waals surface area (Å²) in [4.78, 5) is 0. The third-order valence-corrected chi connectivity index (χ3v) is 3.57. The van der Waals surface area contributed by atoms with Crippen molar-refractivity contribution >= 4 is 47.8 Å². The van der Waals surface area contributed by atoms with Crippen molar-refractivity contribution < 1.29 is 4.74 Å². The topological polar surface area (TPSA) is 35.2 Å². The molecule has 2 N–H and O–H groups in total. The van der Waals surface area contributed by atoms with Crippen LogP contribution >= 0.6 is 47.8 Å². The second-order valence-electron chi connectivity index (χ2n) is 3.18. The number of hydrogen-bond acceptors (Lipinski definition) is 2. The van der Waals surface area contributed by atoms with Gasteiger partial charge in [-0.3, -0.25) is 0 Å². The van der Waals surface area contributed by atoms with E-state index in [9.17, 15) is 0 Å². The van der Waals surface area contributed by atoms with Crippen molar-refractivity contribution in [2.75, 3.05) is 6.61 Å². The molecule has 5 heteroatoms. The quantitative estimate of drug-likeness (QED) is 0.824. The summed E-state index contributed by atoms with van der Waals surface area (Å²) < 4.78 is 8.45. The summed E-state index contributed by atoms with van der Waals surface area (Å²) in [5.74, 6) is 0.794. The minimum absolute atomic E-state index is 0.0763. The van der Waals surface area contributed by atoms with Crippen LogP contribution in [0.2, 0.25) is 0 Å². The van der Waals surface area contributed by atoms with Gasteiger partial charge in [0.2, 0.25) is 0 Å². The third-order valence-electron chi connectivity index (χ3n) is 1.93. The van der Waals surface area contributed by atoms with Gasteiger partial charge < -0.3 is 10.5 Å². The van der Waals surface area contributed by atoms with E-state index in [1.807, 2.05) is 19.1 Å². The lowest BCUT2D eigenvalue weighted by Gasteiger charge is -2.14. The minimum Gasteiger partial charge on any atom is -0.490 e. The van der Waals surface area contributed by atoms with Crippen molar-refractivity contribution in [2.45, 2.75) is 19.4 Å². The van der Waals surface area contributed by atoms with Crippen LogP contribution in [0, 0.1) is 0 Å². The van der Waals surface area contributed by atoms with E-state index in [4.69, 9.17) is 10.5 Å². The maximum absolute atomic E-state index is 5.79. The molecule has 0 fully saturated rings. The molecule has 1 aromatic carbocycles. The molecule has 0 bridgehead atoms. The Bertz CT molecular complexity index is 320.